The van der Waals surface area contributed by atoms with Crippen LogP contribution in [0.5, 0.6) is 0 Å². The fourth-order valence-electron chi connectivity index (χ4n) is 3.54. The van der Waals surface area contributed by atoms with Crippen molar-refractivity contribution >= 4 is 39.3 Å². The molecule has 4 rings (SSSR count). The number of carbonyl (C=O) groups is 1. The lowest BCUT2D eigenvalue weighted by molar-refractivity contribution is 0.102. The summed E-state index contributed by atoms with van der Waals surface area (Å²) in [7, 11) is -3.79. The third-order valence-electron chi connectivity index (χ3n) is 5.14. The molecule has 0 radical (unpaired) electrons. The second-order valence-corrected chi connectivity index (χ2v) is 9.02. The van der Waals surface area contributed by atoms with Gasteiger partial charge in [-0.15, -0.1) is 0 Å². The molecule has 0 atom stereocenters. The van der Waals surface area contributed by atoms with E-state index in [0.29, 0.717) is 30.0 Å². The van der Waals surface area contributed by atoms with Crippen molar-refractivity contribution in [2.24, 2.45) is 16.8 Å². The maximum absolute atomic E-state index is 13.2. The zero-order valence-corrected chi connectivity index (χ0v) is 17.9. The highest BCUT2D eigenvalue weighted by atomic mass is 32.2. The molecular formula is C22H22N6O3S. The summed E-state index contributed by atoms with van der Waals surface area (Å²) in [6.45, 7) is 0.372. The van der Waals surface area contributed by atoms with Gasteiger partial charge in [-0.2, -0.15) is 5.10 Å². The molecule has 10 heteroatoms. The number of nitrogens with one attached hydrogen (secondary N) is 1. The van der Waals surface area contributed by atoms with E-state index in [1.807, 2.05) is 18.2 Å². The summed E-state index contributed by atoms with van der Waals surface area (Å²) in [5.74, 6) is 10.4. The van der Waals surface area contributed by atoms with Crippen LogP contribution in [0.1, 0.15) is 15.9 Å². The number of hydrazone groups is 1. The average Bonchev–Trinajstić information content (AvgIpc) is 3.25. The fourth-order valence-corrected chi connectivity index (χ4v) is 5.09. The molecule has 0 spiro atoms. The number of fused-ring (bicyclic) bond motifs is 1. The monoisotopic (exact) mass is 450 g/mol. The van der Waals surface area contributed by atoms with Crippen molar-refractivity contribution in [2.75, 3.05) is 21.2 Å². The smallest absolute Gasteiger partial charge is 0.264 e. The first kappa shape index (κ1) is 21.3. The first-order valence-electron chi connectivity index (χ1n) is 9.79. The number of nitrogens with two attached hydrogens (primary N) is 2. The van der Waals surface area contributed by atoms with Gasteiger partial charge in [0.05, 0.1) is 16.3 Å². The average molecular weight is 451 g/mol. The third-order valence-corrected chi connectivity index (χ3v) is 6.95. The quantitative estimate of drug-likeness (QED) is 0.228. The SMILES string of the molecule is N/N=C\N(N)c1ccc(NC(=O)c2cccc(S(=O)(=O)N3CCc4ccccc43)c2)cc1. The van der Waals surface area contributed by atoms with Gasteiger partial charge in [-0.1, -0.05) is 24.3 Å². The Kier molecular flexibility index (Phi) is 5.80. The number of nitrogens with zero attached hydrogens (tertiary/aromatic N) is 3. The Labute approximate surface area is 186 Å². The third kappa shape index (κ3) is 4.13. The van der Waals surface area contributed by atoms with Crippen LogP contribution < -0.4 is 26.3 Å². The highest BCUT2D eigenvalue weighted by Gasteiger charge is 2.30. The minimum Gasteiger partial charge on any atom is -0.322 e. The van der Waals surface area contributed by atoms with E-state index in [2.05, 4.69) is 10.4 Å². The zero-order chi connectivity index (χ0) is 22.7. The number of benzene rings is 3. The number of amides is 1. The summed E-state index contributed by atoms with van der Waals surface area (Å²) in [6, 6.07) is 20.1. The van der Waals surface area contributed by atoms with Crippen LogP contribution in [0.4, 0.5) is 17.1 Å². The van der Waals surface area contributed by atoms with Crippen LogP contribution in [-0.2, 0) is 16.4 Å². The summed E-state index contributed by atoms with van der Waals surface area (Å²) in [4.78, 5) is 12.8. The highest BCUT2D eigenvalue weighted by Crippen LogP contribution is 2.32. The van der Waals surface area contributed by atoms with Gasteiger partial charge in [-0.25, -0.2) is 14.3 Å². The van der Waals surface area contributed by atoms with E-state index < -0.39 is 15.9 Å². The van der Waals surface area contributed by atoms with Gasteiger partial charge in [0.2, 0.25) is 0 Å². The maximum Gasteiger partial charge on any atom is 0.264 e. The molecule has 0 fully saturated rings. The van der Waals surface area contributed by atoms with Gasteiger partial charge in [0, 0.05) is 17.8 Å². The number of anilines is 3. The molecule has 0 saturated carbocycles. The van der Waals surface area contributed by atoms with E-state index in [9.17, 15) is 13.2 Å². The summed E-state index contributed by atoms with van der Waals surface area (Å²) in [5, 5.41) is 7.33. The van der Waals surface area contributed by atoms with Crippen molar-refractivity contribution < 1.29 is 13.2 Å². The zero-order valence-electron chi connectivity index (χ0n) is 17.0. The second-order valence-electron chi connectivity index (χ2n) is 7.16. The molecule has 32 heavy (non-hydrogen) atoms. The second kappa shape index (κ2) is 8.69. The number of carbonyl (C=O) groups excluding carboxylic acids is 1. The van der Waals surface area contributed by atoms with E-state index in [1.54, 1.807) is 42.5 Å². The molecule has 1 aliphatic heterocycles. The predicted molar refractivity (Wildman–Crippen MR) is 125 cm³/mol. The standard InChI is InChI=1S/C22H22N6O3S/c23-25-15-27(24)19-10-8-18(9-11-19)26-22(29)17-5-3-6-20(14-17)32(30,31)28-13-12-16-4-1-2-7-21(16)28/h1-11,14-15H,12-13,23-24H2,(H,26,29)/b25-15-. The molecular weight excluding hydrogens is 428 g/mol. The summed E-state index contributed by atoms with van der Waals surface area (Å²) in [6.07, 6.45) is 1.90. The van der Waals surface area contributed by atoms with Crippen LogP contribution in [0.3, 0.4) is 0 Å². The minimum absolute atomic E-state index is 0.0667. The molecule has 3 aromatic carbocycles. The van der Waals surface area contributed by atoms with Crippen LogP contribution in [-0.4, -0.2) is 27.2 Å². The Morgan fingerprint density at radius 1 is 1.06 bits per heavy atom. The van der Waals surface area contributed by atoms with Crippen LogP contribution in [0.2, 0.25) is 0 Å². The Morgan fingerprint density at radius 2 is 1.81 bits per heavy atom. The molecule has 1 aliphatic rings. The summed E-state index contributed by atoms with van der Waals surface area (Å²) < 4.78 is 27.9. The van der Waals surface area contributed by atoms with Gasteiger partial charge in [-0.3, -0.25) is 14.1 Å². The lowest BCUT2D eigenvalue weighted by Gasteiger charge is -2.20. The van der Waals surface area contributed by atoms with Gasteiger partial charge in [0.1, 0.15) is 6.34 Å². The molecule has 5 N–H and O–H groups in total. The molecule has 1 amide bonds. The molecule has 164 valence electrons. The lowest BCUT2D eigenvalue weighted by atomic mass is 10.2. The number of hydrogen-bond donors (Lipinski definition) is 3. The van der Waals surface area contributed by atoms with Crippen LogP contribution in [0.25, 0.3) is 0 Å². The molecule has 9 nitrogen and oxygen atoms in total. The maximum atomic E-state index is 13.2. The molecule has 0 aromatic heterocycles. The van der Waals surface area contributed by atoms with Crippen molar-refractivity contribution in [3.05, 3.63) is 83.9 Å². The fraction of sp³-hybridized carbons (Fsp3) is 0.0909. The van der Waals surface area contributed by atoms with Crippen molar-refractivity contribution in [3.8, 4) is 0 Å². The molecule has 0 unspecified atom stereocenters. The van der Waals surface area contributed by atoms with Gasteiger partial charge >= 0.3 is 0 Å². The Balaban J connectivity index is 1.53. The van der Waals surface area contributed by atoms with Crippen LogP contribution in [0.15, 0.2) is 82.8 Å². The summed E-state index contributed by atoms with van der Waals surface area (Å²) >= 11 is 0. The predicted octanol–water partition coefficient (Wildman–Crippen LogP) is 2.27. The van der Waals surface area contributed by atoms with Crippen molar-refractivity contribution in [1.82, 2.24) is 0 Å². The molecule has 1 heterocycles. The minimum atomic E-state index is -3.79. The Morgan fingerprint density at radius 3 is 2.56 bits per heavy atom. The normalized spacial score (nSPS) is 13.2. The summed E-state index contributed by atoms with van der Waals surface area (Å²) in [5.41, 5.74) is 3.05. The lowest BCUT2D eigenvalue weighted by Crippen LogP contribution is -2.29. The Hall–Kier alpha value is -3.89. The topological polar surface area (TPSA) is 134 Å². The number of hydrogen-bond acceptors (Lipinski definition) is 6. The number of para-hydroxylation sites is 1. The van der Waals surface area contributed by atoms with Crippen molar-refractivity contribution in [1.29, 1.82) is 0 Å². The first-order chi connectivity index (χ1) is 15.4. The van der Waals surface area contributed by atoms with Crippen molar-refractivity contribution in [3.63, 3.8) is 0 Å². The van der Waals surface area contributed by atoms with Gasteiger partial charge in [-0.05, 0) is 60.5 Å². The first-order valence-corrected chi connectivity index (χ1v) is 11.2. The highest BCUT2D eigenvalue weighted by molar-refractivity contribution is 7.92. The van der Waals surface area contributed by atoms with Crippen LogP contribution >= 0.6 is 0 Å². The van der Waals surface area contributed by atoms with Crippen molar-refractivity contribution in [2.45, 2.75) is 11.3 Å². The van der Waals surface area contributed by atoms with E-state index in [4.69, 9.17) is 11.7 Å². The van der Waals surface area contributed by atoms with E-state index in [0.717, 1.165) is 5.56 Å². The Bertz CT molecular complexity index is 1270. The largest absolute Gasteiger partial charge is 0.322 e. The van der Waals surface area contributed by atoms with E-state index >= 15 is 0 Å². The van der Waals surface area contributed by atoms with E-state index in [1.165, 1.54) is 27.8 Å². The van der Waals surface area contributed by atoms with Gasteiger partial charge in [0.25, 0.3) is 15.9 Å². The number of hydrazine groups is 1. The molecule has 3 aromatic rings. The van der Waals surface area contributed by atoms with Gasteiger partial charge < -0.3 is 11.2 Å². The number of sulfonamides is 1. The van der Waals surface area contributed by atoms with Crippen LogP contribution in [0, 0.1) is 0 Å². The van der Waals surface area contributed by atoms with E-state index in [-0.39, 0.29) is 10.5 Å². The van der Waals surface area contributed by atoms with Gasteiger partial charge in [0.15, 0.2) is 0 Å². The number of rotatable bonds is 6. The molecule has 0 saturated heterocycles. The molecule has 0 bridgehead atoms. The molecule has 0 aliphatic carbocycles.